The number of anilines is 1. The molecule has 146 valence electrons. The molecule has 0 aliphatic carbocycles. The minimum absolute atomic E-state index is 0.0805. The van der Waals surface area contributed by atoms with E-state index in [0.717, 1.165) is 17.2 Å². The van der Waals surface area contributed by atoms with E-state index in [1.54, 1.807) is 6.07 Å². The van der Waals surface area contributed by atoms with Gasteiger partial charge in [0.15, 0.2) is 0 Å². The number of carboxylic acid groups (broad SMARTS) is 1. The molecule has 0 fully saturated rings. The highest BCUT2D eigenvalue weighted by Crippen LogP contribution is 2.26. The molecular formula is C20H19FN2O5. The number of methoxy groups -OCH3 is 1. The van der Waals surface area contributed by atoms with Crippen molar-refractivity contribution in [1.29, 1.82) is 0 Å². The summed E-state index contributed by atoms with van der Waals surface area (Å²) in [6.45, 7) is 0.217. The highest BCUT2D eigenvalue weighted by Gasteiger charge is 2.20. The second kappa shape index (κ2) is 8.08. The molecule has 2 aromatic rings. The second-order valence-corrected chi connectivity index (χ2v) is 6.38. The first-order chi connectivity index (χ1) is 13.4. The van der Waals surface area contributed by atoms with E-state index in [1.807, 2.05) is 0 Å². The molecule has 1 heterocycles. The number of hydrogen-bond donors (Lipinski definition) is 3. The maximum absolute atomic E-state index is 14.3. The summed E-state index contributed by atoms with van der Waals surface area (Å²) < 4.78 is 19.5. The third kappa shape index (κ3) is 4.11. The zero-order chi connectivity index (χ0) is 20.3. The molecule has 0 aromatic heterocycles. The molecular weight excluding hydrogens is 367 g/mol. The molecule has 1 aliphatic heterocycles. The molecule has 3 N–H and O–H groups in total. The van der Waals surface area contributed by atoms with Crippen LogP contribution < -0.4 is 15.4 Å². The topological polar surface area (TPSA) is 105 Å². The van der Waals surface area contributed by atoms with Gasteiger partial charge in [-0.15, -0.1) is 0 Å². The van der Waals surface area contributed by atoms with Crippen LogP contribution in [0.3, 0.4) is 0 Å². The summed E-state index contributed by atoms with van der Waals surface area (Å²) in [5, 5.41) is 14.3. The molecule has 0 saturated carbocycles. The first-order valence-electron chi connectivity index (χ1n) is 8.69. The number of fused-ring (bicyclic) bond motifs is 1. The maximum atomic E-state index is 14.3. The number of nitrogens with one attached hydrogen (secondary N) is 2. The van der Waals surface area contributed by atoms with Crippen molar-refractivity contribution in [3.8, 4) is 5.75 Å². The Bertz CT molecular complexity index is 958. The number of rotatable bonds is 6. The van der Waals surface area contributed by atoms with Crippen molar-refractivity contribution in [3.63, 3.8) is 0 Å². The number of amides is 2. The number of carboxylic acids is 1. The Kier molecular flexibility index (Phi) is 5.58. The Morgan fingerprint density at radius 2 is 2.04 bits per heavy atom. The molecule has 0 radical (unpaired) electrons. The lowest BCUT2D eigenvalue weighted by Gasteiger charge is -2.18. The van der Waals surface area contributed by atoms with Gasteiger partial charge in [-0.1, -0.05) is 6.07 Å². The van der Waals surface area contributed by atoms with Gasteiger partial charge >= 0.3 is 5.97 Å². The van der Waals surface area contributed by atoms with Crippen LogP contribution in [0.4, 0.5) is 10.1 Å². The third-order valence-corrected chi connectivity index (χ3v) is 4.55. The maximum Gasteiger partial charge on any atom is 0.335 e. The summed E-state index contributed by atoms with van der Waals surface area (Å²) in [5.74, 6) is -2.09. The van der Waals surface area contributed by atoms with Gasteiger partial charge in [-0.2, -0.15) is 0 Å². The lowest BCUT2D eigenvalue weighted by Crippen LogP contribution is -2.27. The van der Waals surface area contributed by atoms with E-state index < -0.39 is 17.7 Å². The molecule has 0 bridgehead atoms. The standard InChI is InChI=1S/C20H19FN2O5/c1-28-17-9-13(20(26)27)3-2-11(17)6-7-22-19(25)14-8-12-4-5-18(24)23-16(12)10-15(14)21/h2-3,8-10H,4-7H2,1H3,(H,22,25)(H,23,24)(H,26,27). The molecule has 0 saturated heterocycles. The van der Waals surface area contributed by atoms with E-state index in [2.05, 4.69) is 10.6 Å². The first kappa shape index (κ1) is 19.3. The highest BCUT2D eigenvalue weighted by molar-refractivity contribution is 5.98. The number of benzene rings is 2. The van der Waals surface area contributed by atoms with Gasteiger partial charge < -0.3 is 20.5 Å². The Morgan fingerprint density at radius 3 is 2.75 bits per heavy atom. The van der Waals surface area contributed by atoms with E-state index in [0.29, 0.717) is 30.7 Å². The number of aromatic carboxylic acids is 1. The largest absolute Gasteiger partial charge is 0.496 e. The number of halogens is 1. The SMILES string of the molecule is COc1cc(C(=O)O)ccc1CCNC(=O)c1cc2c(cc1F)NC(=O)CC2. The fourth-order valence-corrected chi connectivity index (χ4v) is 3.07. The van der Waals surface area contributed by atoms with Crippen LogP contribution >= 0.6 is 0 Å². The van der Waals surface area contributed by atoms with Gasteiger partial charge in [0, 0.05) is 18.7 Å². The van der Waals surface area contributed by atoms with Crippen LogP contribution in [0.2, 0.25) is 0 Å². The number of aryl methyl sites for hydroxylation is 1. The lowest BCUT2D eigenvalue weighted by molar-refractivity contribution is -0.116. The Morgan fingerprint density at radius 1 is 1.25 bits per heavy atom. The van der Waals surface area contributed by atoms with Crippen LogP contribution in [-0.4, -0.2) is 36.5 Å². The number of carbonyl (C=O) groups excluding carboxylic acids is 2. The number of carbonyl (C=O) groups is 3. The predicted molar refractivity (Wildman–Crippen MR) is 99.3 cm³/mol. The molecule has 0 spiro atoms. The summed E-state index contributed by atoms with van der Waals surface area (Å²) in [7, 11) is 1.43. The minimum Gasteiger partial charge on any atom is -0.496 e. The second-order valence-electron chi connectivity index (χ2n) is 6.38. The zero-order valence-electron chi connectivity index (χ0n) is 15.2. The average molecular weight is 386 g/mol. The van der Waals surface area contributed by atoms with Crippen LogP contribution in [0, 0.1) is 5.82 Å². The Hall–Kier alpha value is -3.42. The molecule has 28 heavy (non-hydrogen) atoms. The molecule has 3 rings (SSSR count). The molecule has 2 amide bonds. The minimum atomic E-state index is -1.06. The van der Waals surface area contributed by atoms with Crippen molar-refractivity contribution in [2.75, 3.05) is 19.0 Å². The van der Waals surface area contributed by atoms with Gasteiger partial charge in [0.25, 0.3) is 5.91 Å². The van der Waals surface area contributed by atoms with Crippen molar-refractivity contribution < 1.29 is 28.6 Å². The van der Waals surface area contributed by atoms with Crippen molar-refractivity contribution in [1.82, 2.24) is 5.32 Å². The molecule has 7 nitrogen and oxygen atoms in total. The van der Waals surface area contributed by atoms with Crippen molar-refractivity contribution in [3.05, 3.63) is 58.4 Å². The van der Waals surface area contributed by atoms with E-state index in [-0.39, 0.29) is 23.6 Å². The Labute approximate surface area is 160 Å². The van der Waals surface area contributed by atoms with E-state index in [1.165, 1.54) is 25.3 Å². The smallest absolute Gasteiger partial charge is 0.335 e. The first-order valence-corrected chi connectivity index (χ1v) is 8.69. The predicted octanol–water partition coefficient (Wildman–Crippen LogP) is 2.39. The quantitative estimate of drug-likeness (QED) is 0.707. The summed E-state index contributed by atoms with van der Waals surface area (Å²) in [5.41, 5.74) is 1.86. The normalized spacial score (nSPS) is 12.7. The van der Waals surface area contributed by atoms with Gasteiger partial charge in [-0.05, 0) is 48.2 Å². The molecule has 0 unspecified atom stereocenters. The van der Waals surface area contributed by atoms with Gasteiger partial charge in [-0.3, -0.25) is 9.59 Å². The van der Waals surface area contributed by atoms with Crippen LogP contribution in [0.1, 0.15) is 38.3 Å². The van der Waals surface area contributed by atoms with Gasteiger partial charge in [0.05, 0.1) is 18.2 Å². The van der Waals surface area contributed by atoms with Gasteiger partial charge in [-0.25, -0.2) is 9.18 Å². The van der Waals surface area contributed by atoms with E-state index in [9.17, 15) is 18.8 Å². The van der Waals surface area contributed by atoms with Gasteiger partial charge in [0.1, 0.15) is 11.6 Å². The van der Waals surface area contributed by atoms with Crippen molar-refractivity contribution >= 4 is 23.5 Å². The summed E-state index contributed by atoms with van der Waals surface area (Å²) >= 11 is 0. The van der Waals surface area contributed by atoms with Crippen molar-refractivity contribution in [2.45, 2.75) is 19.3 Å². The van der Waals surface area contributed by atoms with Crippen LogP contribution in [0.5, 0.6) is 5.75 Å². The highest BCUT2D eigenvalue weighted by atomic mass is 19.1. The number of ether oxygens (including phenoxy) is 1. The Balaban J connectivity index is 1.67. The summed E-state index contributed by atoms with van der Waals surface area (Å²) in [6, 6.07) is 7.11. The fraction of sp³-hybridized carbons (Fsp3) is 0.250. The molecule has 1 aliphatic rings. The fourth-order valence-electron chi connectivity index (χ4n) is 3.07. The third-order valence-electron chi connectivity index (χ3n) is 4.55. The summed E-state index contributed by atoms with van der Waals surface area (Å²) in [4.78, 5) is 34.8. The van der Waals surface area contributed by atoms with Crippen LogP contribution in [0.15, 0.2) is 30.3 Å². The molecule has 0 atom stereocenters. The zero-order valence-corrected chi connectivity index (χ0v) is 15.2. The number of hydrogen-bond acceptors (Lipinski definition) is 4. The average Bonchev–Trinajstić information content (AvgIpc) is 2.67. The van der Waals surface area contributed by atoms with Crippen LogP contribution in [0.25, 0.3) is 0 Å². The lowest BCUT2D eigenvalue weighted by atomic mass is 9.99. The monoisotopic (exact) mass is 386 g/mol. The molecule has 8 heteroatoms. The van der Waals surface area contributed by atoms with Gasteiger partial charge in [0.2, 0.25) is 5.91 Å². The van der Waals surface area contributed by atoms with E-state index >= 15 is 0 Å². The molecule has 2 aromatic carbocycles. The summed E-state index contributed by atoms with van der Waals surface area (Å²) in [6.07, 6.45) is 1.14. The van der Waals surface area contributed by atoms with Crippen molar-refractivity contribution in [2.24, 2.45) is 0 Å². The van der Waals surface area contributed by atoms with Crippen LogP contribution in [-0.2, 0) is 17.6 Å². The van der Waals surface area contributed by atoms with E-state index in [4.69, 9.17) is 9.84 Å².